The topological polar surface area (TPSA) is 44.7 Å². The molecular weight excluding hydrogens is 264 g/mol. The van der Waals surface area contributed by atoms with Crippen molar-refractivity contribution in [2.75, 3.05) is 27.7 Å². The molecule has 0 amide bonds. The lowest BCUT2D eigenvalue weighted by Crippen LogP contribution is -2.40. The van der Waals surface area contributed by atoms with E-state index in [9.17, 15) is 5.11 Å². The minimum Gasteiger partial charge on any atom is -0.507 e. The maximum atomic E-state index is 10.1. The lowest BCUT2D eigenvalue weighted by atomic mass is 10.0. The number of nitrogens with zero attached hydrogens (tertiary/aromatic N) is 1. The summed E-state index contributed by atoms with van der Waals surface area (Å²) in [5.74, 6) is 1.59. The first kappa shape index (κ1) is 17.8. The zero-order valence-corrected chi connectivity index (χ0v) is 14.2. The number of benzene rings is 1. The summed E-state index contributed by atoms with van der Waals surface area (Å²) in [5, 5.41) is 13.8. The van der Waals surface area contributed by atoms with Crippen molar-refractivity contribution in [3.8, 4) is 11.5 Å². The van der Waals surface area contributed by atoms with Gasteiger partial charge in [-0.2, -0.15) is 0 Å². The van der Waals surface area contributed by atoms with Crippen LogP contribution in [0.1, 0.15) is 38.8 Å². The number of hydrogen-bond acceptors (Lipinski definition) is 4. The highest BCUT2D eigenvalue weighted by molar-refractivity contribution is 5.41. The van der Waals surface area contributed by atoms with Crippen LogP contribution in [0.2, 0.25) is 0 Å². The van der Waals surface area contributed by atoms with Crippen LogP contribution in [0.3, 0.4) is 0 Å². The van der Waals surface area contributed by atoms with Gasteiger partial charge in [0.25, 0.3) is 0 Å². The van der Waals surface area contributed by atoms with Crippen molar-refractivity contribution >= 4 is 0 Å². The highest BCUT2D eigenvalue weighted by Gasteiger charge is 2.18. The van der Waals surface area contributed by atoms with E-state index >= 15 is 0 Å². The molecule has 0 radical (unpaired) electrons. The van der Waals surface area contributed by atoms with Gasteiger partial charge in [0, 0.05) is 30.3 Å². The number of hydrogen-bond donors (Lipinski definition) is 2. The van der Waals surface area contributed by atoms with E-state index in [0.717, 1.165) is 18.5 Å². The summed E-state index contributed by atoms with van der Waals surface area (Å²) in [6.07, 6.45) is 1.11. The first-order chi connectivity index (χ1) is 9.83. The molecule has 2 unspecified atom stereocenters. The number of ether oxygens (including phenoxy) is 1. The van der Waals surface area contributed by atoms with E-state index in [-0.39, 0.29) is 11.8 Å². The molecule has 0 heterocycles. The van der Waals surface area contributed by atoms with Gasteiger partial charge in [-0.05, 0) is 39.4 Å². The van der Waals surface area contributed by atoms with E-state index < -0.39 is 0 Å². The molecule has 2 atom stereocenters. The number of likely N-dealkylation sites (N-methyl/N-ethyl adjacent to an activating group) is 1. The van der Waals surface area contributed by atoms with Crippen LogP contribution in [0.5, 0.6) is 11.5 Å². The average molecular weight is 294 g/mol. The van der Waals surface area contributed by atoms with E-state index in [2.05, 4.69) is 45.1 Å². The molecule has 0 saturated carbocycles. The fraction of sp³-hybridized carbons (Fsp3) is 0.647. The molecule has 4 heteroatoms. The predicted molar refractivity (Wildman–Crippen MR) is 88.0 cm³/mol. The van der Waals surface area contributed by atoms with Crippen molar-refractivity contribution < 1.29 is 9.84 Å². The molecule has 0 aliphatic rings. The molecule has 1 rings (SSSR count). The van der Waals surface area contributed by atoms with Crippen molar-refractivity contribution in [1.29, 1.82) is 0 Å². The summed E-state index contributed by atoms with van der Waals surface area (Å²) in [6, 6.07) is 5.97. The Bertz CT molecular complexity index is 423. The highest BCUT2D eigenvalue weighted by Crippen LogP contribution is 2.28. The second kappa shape index (κ2) is 8.25. The highest BCUT2D eigenvalue weighted by atomic mass is 16.5. The van der Waals surface area contributed by atoms with Gasteiger partial charge in [-0.25, -0.2) is 0 Å². The SMILES string of the molecule is COc1ccc(C(C)NC(CC(C)C)CN(C)C)c(O)c1. The third-order valence-corrected chi connectivity index (χ3v) is 3.53. The predicted octanol–water partition coefficient (Wildman–Crippen LogP) is 3.03. The minimum absolute atomic E-state index is 0.0969. The van der Waals surface area contributed by atoms with E-state index in [1.807, 2.05) is 12.1 Å². The second-order valence-corrected chi connectivity index (χ2v) is 6.40. The van der Waals surface area contributed by atoms with Gasteiger partial charge in [-0.3, -0.25) is 0 Å². The Labute approximate surface area is 129 Å². The van der Waals surface area contributed by atoms with E-state index in [0.29, 0.717) is 17.7 Å². The van der Waals surface area contributed by atoms with Crippen molar-refractivity contribution in [3.63, 3.8) is 0 Å². The Morgan fingerprint density at radius 3 is 2.38 bits per heavy atom. The molecule has 120 valence electrons. The van der Waals surface area contributed by atoms with E-state index in [1.54, 1.807) is 13.2 Å². The van der Waals surface area contributed by atoms with Crippen LogP contribution in [-0.2, 0) is 0 Å². The van der Waals surface area contributed by atoms with Crippen LogP contribution in [0.25, 0.3) is 0 Å². The van der Waals surface area contributed by atoms with Crippen molar-refractivity contribution in [3.05, 3.63) is 23.8 Å². The zero-order chi connectivity index (χ0) is 16.0. The minimum atomic E-state index is 0.0969. The van der Waals surface area contributed by atoms with Crippen LogP contribution in [0, 0.1) is 5.92 Å². The second-order valence-electron chi connectivity index (χ2n) is 6.40. The number of phenols is 1. The number of phenolic OH excluding ortho intramolecular Hbond substituents is 1. The number of nitrogens with one attached hydrogen (secondary N) is 1. The van der Waals surface area contributed by atoms with Gasteiger partial charge in [0.1, 0.15) is 11.5 Å². The summed E-state index contributed by atoms with van der Waals surface area (Å²) in [6.45, 7) is 7.55. The largest absolute Gasteiger partial charge is 0.507 e. The van der Waals surface area contributed by atoms with Crippen LogP contribution >= 0.6 is 0 Å². The van der Waals surface area contributed by atoms with Gasteiger partial charge < -0.3 is 20.1 Å². The maximum Gasteiger partial charge on any atom is 0.124 e. The Hall–Kier alpha value is -1.26. The lowest BCUT2D eigenvalue weighted by Gasteiger charge is -2.28. The molecule has 0 spiro atoms. The smallest absolute Gasteiger partial charge is 0.124 e. The van der Waals surface area contributed by atoms with Gasteiger partial charge in [0.2, 0.25) is 0 Å². The molecule has 0 saturated heterocycles. The van der Waals surface area contributed by atoms with Crippen molar-refractivity contribution in [2.24, 2.45) is 5.92 Å². The summed E-state index contributed by atoms with van der Waals surface area (Å²) < 4.78 is 5.13. The lowest BCUT2D eigenvalue weighted by molar-refractivity contribution is 0.289. The summed E-state index contributed by atoms with van der Waals surface area (Å²) in [5.41, 5.74) is 0.906. The number of methoxy groups -OCH3 is 1. The molecule has 1 aromatic carbocycles. The third-order valence-electron chi connectivity index (χ3n) is 3.53. The van der Waals surface area contributed by atoms with Gasteiger partial charge in [0.05, 0.1) is 7.11 Å². The Balaban J connectivity index is 2.78. The molecule has 0 aliphatic heterocycles. The fourth-order valence-corrected chi connectivity index (χ4v) is 2.67. The zero-order valence-electron chi connectivity index (χ0n) is 14.2. The first-order valence-electron chi connectivity index (χ1n) is 7.61. The normalized spacial score (nSPS) is 14.5. The molecule has 4 nitrogen and oxygen atoms in total. The van der Waals surface area contributed by atoms with Crippen LogP contribution in [-0.4, -0.2) is 43.8 Å². The quantitative estimate of drug-likeness (QED) is 0.773. The van der Waals surface area contributed by atoms with E-state index in [4.69, 9.17) is 4.74 Å². The summed E-state index contributed by atoms with van der Waals surface area (Å²) in [4.78, 5) is 2.20. The van der Waals surface area contributed by atoms with Crippen molar-refractivity contribution in [1.82, 2.24) is 10.2 Å². The van der Waals surface area contributed by atoms with Crippen LogP contribution in [0.4, 0.5) is 0 Å². The number of aromatic hydroxyl groups is 1. The van der Waals surface area contributed by atoms with Crippen molar-refractivity contribution in [2.45, 2.75) is 39.3 Å². The Morgan fingerprint density at radius 1 is 1.24 bits per heavy atom. The maximum absolute atomic E-state index is 10.1. The first-order valence-corrected chi connectivity index (χ1v) is 7.61. The third kappa shape index (κ3) is 5.94. The molecule has 2 N–H and O–H groups in total. The van der Waals surface area contributed by atoms with Gasteiger partial charge in [0.15, 0.2) is 0 Å². The van der Waals surface area contributed by atoms with E-state index in [1.165, 1.54) is 0 Å². The van der Waals surface area contributed by atoms with Gasteiger partial charge in [-0.15, -0.1) is 0 Å². The summed E-state index contributed by atoms with van der Waals surface area (Å²) in [7, 11) is 5.78. The monoisotopic (exact) mass is 294 g/mol. The standard InChI is InChI=1S/C17H30N2O2/c1-12(2)9-14(11-19(4)5)18-13(3)16-8-7-15(21-6)10-17(16)20/h7-8,10,12-14,18,20H,9,11H2,1-6H3. The average Bonchev–Trinajstić information content (AvgIpc) is 2.36. The molecule has 1 aromatic rings. The van der Waals surface area contributed by atoms with Gasteiger partial charge in [-0.1, -0.05) is 19.9 Å². The van der Waals surface area contributed by atoms with Crippen LogP contribution < -0.4 is 10.1 Å². The molecule has 0 fully saturated rings. The summed E-state index contributed by atoms with van der Waals surface area (Å²) >= 11 is 0. The molecular formula is C17H30N2O2. The van der Waals surface area contributed by atoms with Crippen LogP contribution in [0.15, 0.2) is 18.2 Å². The molecule has 0 aromatic heterocycles. The molecule has 21 heavy (non-hydrogen) atoms. The fourth-order valence-electron chi connectivity index (χ4n) is 2.67. The molecule has 0 bridgehead atoms. The Morgan fingerprint density at radius 2 is 1.90 bits per heavy atom. The van der Waals surface area contributed by atoms with Gasteiger partial charge >= 0.3 is 0 Å². The molecule has 0 aliphatic carbocycles. The Kier molecular flexibility index (Phi) is 6.99. The number of rotatable bonds is 8.